The van der Waals surface area contributed by atoms with Crippen LogP contribution in [0.3, 0.4) is 0 Å². The van der Waals surface area contributed by atoms with Crippen molar-refractivity contribution in [2.24, 2.45) is 5.92 Å². The molecule has 0 saturated heterocycles. The summed E-state index contributed by atoms with van der Waals surface area (Å²) < 4.78 is 0. The summed E-state index contributed by atoms with van der Waals surface area (Å²) in [7, 11) is 0. The lowest BCUT2D eigenvalue weighted by Gasteiger charge is -2.06. The third kappa shape index (κ3) is 57.5. The Bertz CT molecular complexity index is 651. The van der Waals surface area contributed by atoms with Gasteiger partial charge in [-0.15, -0.1) is 0 Å². The zero-order valence-electron chi connectivity index (χ0n) is 30.8. The van der Waals surface area contributed by atoms with Crippen LogP contribution in [-0.4, -0.2) is 44.3 Å². The molecule has 4 N–H and O–H groups in total. The van der Waals surface area contributed by atoms with E-state index in [1.165, 1.54) is 96.3 Å². The quantitative estimate of drug-likeness (QED) is 0.0579. The molecule has 0 aromatic carbocycles. The maximum atomic E-state index is 10.4. The molecule has 0 aromatic heterocycles. The van der Waals surface area contributed by atoms with Gasteiger partial charge in [0.1, 0.15) is 0 Å². The van der Waals surface area contributed by atoms with Crippen molar-refractivity contribution in [2.75, 3.05) is 0 Å². The largest absolute Gasteiger partial charge is 0.481 e. The number of unbranched alkanes of at least 4 members (excludes halogenated alkanes) is 19. The van der Waals surface area contributed by atoms with Crippen molar-refractivity contribution in [1.82, 2.24) is 0 Å². The molecule has 0 spiro atoms. The molecule has 1 unspecified atom stereocenters. The van der Waals surface area contributed by atoms with E-state index in [4.69, 9.17) is 20.4 Å². The highest BCUT2D eigenvalue weighted by Gasteiger charge is 2.12. The lowest BCUT2D eigenvalue weighted by atomic mass is 10.00. The van der Waals surface area contributed by atoms with Crippen LogP contribution in [0.5, 0.6) is 0 Å². The number of carboxylic acid groups (broad SMARTS) is 4. The van der Waals surface area contributed by atoms with E-state index in [0.717, 1.165) is 64.2 Å². The normalized spacial score (nSPS) is 10.7. The second-order valence-corrected chi connectivity index (χ2v) is 12.4. The standard InChI is InChI=1S/C12H24O2.C10H20O2.2C8H16O2/c1-2-3-4-5-6-7-8-9-10-11-12(13)14;1-2-3-4-5-6-7-8-9-10(11)12;1-3-5-6-7(4-2)8(9)10;1-2-3-4-5-6-7-8(9)10/h2-11H2,1H3,(H,13,14);2-9H2,1H3,(H,11,12);7H,3-6H2,1-2H3,(H,9,10);2-7H2,1H3,(H,9,10). The summed E-state index contributed by atoms with van der Waals surface area (Å²) in [6.45, 7) is 10.6. The van der Waals surface area contributed by atoms with Crippen LogP contribution in [0.2, 0.25) is 0 Å². The average molecular weight is 661 g/mol. The van der Waals surface area contributed by atoms with Crippen LogP contribution in [0, 0.1) is 5.92 Å². The fourth-order valence-corrected chi connectivity index (χ4v) is 4.65. The van der Waals surface area contributed by atoms with E-state index in [-0.39, 0.29) is 5.92 Å². The van der Waals surface area contributed by atoms with Gasteiger partial charge in [-0.3, -0.25) is 19.2 Å². The van der Waals surface area contributed by atoms with Crippen molar-refractivity contribution in [3.05, 3.63) is 0 Å². The summed E-state index contributed by atoms with van der Waals surface area (Å²) in [4.78, 5) is 40.8. The third-order valence-corrected chi connectivity index (χ3v) is 7.73. The van der Waals surface area contributed by atoms with Crippen LogP contribution in [0.25, 0.3) is 0 Å². The summed E-state index contributed by atoms with van der Waals surface area (Å²) in [5.41, 5.74) is 0. The van der Waals surface area contributed by atoms with E-state index in [2.05, 4.69) is 27.7 Å². The molecular formula is C38H76O8. The van der Waals surface area contributed by atoms with E-state index < -0.39 is 23.9 Å². The van der Waals surface area contributed by atoms with Gasteiger partial charge in [-0.05, 0) is 32.1 Å². The van der Waals surface area contributed by atoms with E-state index in [0.29, 0.717) is 19.3 Å². The number of aliphatic carboxylic acids is 4. The molecule has 0 radical (unpaired) electrons. The maximum absolute atomic E-state index is 10.4. The van der Waals surface area contributed by atoms with Crippen LogP contribution < -0.4 is 0 Å². The monoisotopic (exact) mass is 661 g/mol. The van der Waals surface area contributed by atoms with Gasteiger partial charge in [0.05, 0.1) is 5.92 Å². The summed E-state index contributed by atoms with van der Waals surface area (Å²) in [6, 6.07) is 0. The average Bonchev–Trinajstić information content (AvgIpc) is 3.00. The Balaban J connectivity index is -0.000000258. The molecule has 1 atom stereocenters. The lowest BCUT2D eigenvalue weighted by molar-refractivity contribution is -0.142. The van der Waals surface area contributed by atoms with E-state index >= 15 is 0 Å². The molecule has 0 amide bonds. The number of carboxylic acids is 4. The predicted molar refractivity (Wildman–Crippen MR) is 192 cm³/mol. The highest BCUT2D eigenvalue weighted by molar-refractivity contribution is 5.69. The molecule has 0 bridgehead atoms. The Kier molecular flexibility index (Phi) is 49.6. The van der Waals surface area contributed by atoms with Gasteiger partial charge < -0.3 is 20.4 Å². The number of hydrogen-bond donors (Lipinski definition) is 4. The molecule has 0 aliphatic carbocycles. The van der Waals surface area contributed by atoms with Crippen molar-refractivity contribution >= 4 is 23.9 Å². The van der Waals surface area contributed by atoms with Crippen LogP contribution in [0.4, 0.5) is 0 Å². The van der Waals surface area contributed by atoms with E-state index in [9.17, 15) is 19.2 Å². The Morgan fingerprint density at radius 1 is 0.370 bits per heavy atom. The number of rotatable bonds is 29. The Morgan fingerprint density at radius 3 is 0.804 bits per heavy atom. The Hall–Kier alpha value is -2.12. The molecule has 0 heterocycles. The summed E-state index contributed by atoms with van der Waals surface area (Å²) in [6.07, 6.45) is 29.7. The van der Waals surface area contributed by atoms with Crippen LogP contribution in [0.15, 0.2) is 0 Å². The topological polar surface area (TPSA) is 149 Å². The van der Waals surface area contributed by atoms with Gasteiger partial charge in [0.25, 0.3) is 0 Å². The zero-order valence-corrected chi connectivity index (χ0v) is 30.8. The molecule has 46 heavy (non-hydrogen) atoms. The SMILES string of the molecule is CCCCC(CC)C(=O)O.CCCCCCCC(=O)O.CCCCCCCCCC(=O)O.CCCCCCCCCCCC(=O)O. The predicted octanol–water partition coefficient (Wildman–Crippen LogP) is 11.9. The molecule has 0 fully saturated rings. The molecule has 0 saturated carbocycles. The smallest absolute Gasteiger partial charge is 0.306 e. The molecule has 0 aromatic rings. The van der Waals surface area contributed by atoms with Gasteiger partial charge >= 0.3 is 23.9 Å². The van der Waals surface area contributed by atoms with E-state index in [1.807, 2.05) is 6.92 Å². The summed E-state index contributed by atoms with van der Waals surface area (Å²) >= 11 is 0. The van der Waals surface area contributed by atoms with Gasteiger partial charge in [0.15, 0.2) is 0 Å². The van der Waals surface area contributed by atoms with E-state index in [1.54, 1.807) is 0 Å². The highest BCUT2D eigenvalue weighted by atomic mass is 16.4. The van der Waals surface area contributed by atoms with Gasteiger partial charge in [-0.1, -0.05) is 163 Å². The van der Waals surface area contributed by atoms with Crippen molar-refractivity contribution in [3.63, 3.8) is 0 Å². The minimum absolute atomic E-state index is 0.111. The van der Waals surface area contributed by atoms with Crippen molar-refractivity contribution < 1.29 is 39.6 Å². The third-order valence-electron chi connectivity index (χ3n) is 7.73. The van der Waals surface area contributed by atoms with Crippen LogP contribution in [-0.2, 0) is 19.2 Å². The first-order valence-corrected chi connectivity index (χ1v) is 18.9. The highest BCUT2D eigenvalue weighted by Crippen LogP contribution is 2.12. The minimum atomic E-state index is -0.670. The fourth-order valence-electron chi connectivity index (χ4n) is 4.65. The first-order chi connectivity index (χ1) is 22.0. The first kappa shape index (κ1) is 50.7. The van der Waals surface area contributed by atoms with Crippen molar-refractivity contribution in [3.8, 4) is 0 Å². The molecule has 8 heteroatoms. The fraction of sp³-hybridized carbons (Fsp3) is 0.895. The zero-order chi connectivity index (χ0) is 35.7. The molecule has 0 rings (SSSR count). The Morgan fingerprint density at radius 2 is 0.609 bits per heavy atom. The van der Waals surface area contributed by atoms with Crippen LogP contribution in [0.1, 0.15) is 214 Å². The molecule has 0 aliphatic rings. The first-order valence-electron chi connectivity index (χ1n) is 18.9. The molecule has 0 aliphatic heterocycles. The second kappa shape index (κ2) is 45.0. The lowest BCUT2D eigenvalue weighted by Crippen LogP contribution is -2.11. The number of carbonyl (C=O) groups is 4. The Labute approximate surface area is 283 Å². The minimum Gasteiger partial charge on any atom is -0.481 e. The molecule has 276 valence electrons. The van der Waals surface area contributed by atoms with Gasteiger partial charge in [0, 0.05) is 19.3 Å². The van der Waals surface area contributed by atoms with Gasteiger partial charge in [-0.2, -0.15) is 0 Å². The molecule has 8 nitrogen and oxygen atoms in total. The second-order valence-electron chi connectivity index (χ2n) is 12.4. The maximum Gasteiger partial charge on any atom is 0.306 e. The summed E-state index contributed by atoms with van der Waals surface area (Å²) in [5.74, 6) is -2.75. The van der Waals surface area contributed by atoms with Gasteiger partial charge in [0.2, 0.25) is 0 Å². The number of hydrogen-bond acceptors (Lipinski definition) is 4. The van der Waals surface area contributed by atoms with Crippen LogP contribution >= 0.6 is 0 Å². The van der Waals surface area contributed by atoms with Crippen molar-refractivity contribution in [1.29, 1.82) is 0 Å². The van der Waals surface area contributed by atoms with Gasteiger partial charge in [-0.25, -0.2) is 0 Å². The summed E-state index contributed by atoms with van der Waals surface area (Å²) in [5, 5.41) is 33.6. The van der Waals surface area contributed by atoms with Crippen molar-refractivity contribution in [2.45, 2.75) is 214 Å². The molecular weight excluding hydrogens is 584 g/mol.